The molecule has 1 heterocycles. The minimum atomic E-state index is -0.250. The monoisotopic (exact) mass is 315 g/mol. The highest BCUT2D eigenvalue weighted by atomic mass is 19.1. The molecule has 5 heteroatoms. The minimum absolute atomic E-state index is 0.110. The summed E-state index contributed by atoms with van der Waals surface area (Å²) >= 11 is 0. The van der Waals surface area contributed by atoms with Crippen LogP contribution in [0.4, 0.5) is 10.1 Å². The van der Waals surface area contributed by atoms with Crippen molar-refractivity contribution >= 4 is 11.6 Å². The first-order valence-corrected chi connectivity index (χ1v) is 7.60. The van der Waals surface area contributed by atoms with E-state index in [0.717, 1.165) is 5.69 Å². The van der Waals surface area contributed by atoms with Gasteiger partial charge in [-0.05, 0) is 44.9 Å². The molecule has 0 aliphatic rings. The van der Waals surface area contributed by atoms with Crippen molar-refractivity contribution in [1.82, 2.24) is 10.3 Å². The molecule has 1 amide bonds. The average molecular weight is 315 g/mol. The molecule has 23 heavy (non-hydrogen) atoms. The molecule has 0 aliphatic carbocycles. The number of rotatable bonds is 5. The number of benzene rings is 1. The number of carbonyl (C=O) groups excluding carboxylic acids is 1. The van der Waals surface area contributed by atoms with Crippen LogP contribution in [0.1, 0.15) is 36.7 Å². The first-order valence-electron chi connectivity index (χ1n) is 7.60. The Morgan fingerprint density at radius 3 is 2.65 bits per heavy atom. The van der Waals surface area contributed by atoms with Crippen molar-refractivity contribution in [3.05, 3.63) is 59.7 Å². The number of carbonyl (C=O) groups is 1. The van der Waals surface area contributed by atoms with Crippen LogP contribution in [0, 0.1) is 5.82 Å². The normalized spacial score (nSPS) is 11.1. The first-order chi connectivity index (χ1) is 10.8. The summed E-state index contributed by atoms with van der Waals surface area (Å²) < 4.78 is 13.5. The van der Waals surface area contributed by atoms with Crippen LogP contribution >= 0.6 is 0 Å². The molecule has 0 atom stereocenters. The number of pyridine rings is 1. The molecule has 2 N–H and O–H groups in total. The Morgan fingerprint density at radius 2 is 1.96 bits per heavy atom. The predicted molar refractivity (Wildman–Crippen MR) is 90.0 cm³/mol. The summed E-state index contributed by atoms with van der Waals surface area (Å²) in [5.74, 6) is -0.466. The second-order valence-corrected chi connectivity index (χ2v) is 6.43. The van der Waals surface area contributed by atoms with E-state index in [1.54, 1.807) is 30.5 Å². The van der Waals surface area contributed by atoms with E-state index in [0.29, 0.717) is 24.1 Å². The van der Waals surface area contributed by atoms with Gasteiger partial charge in [0, 0.05) is 24.5 Å². The van der Waals surface area contributed by atoms with Gasteiger partial charge in [0.25, 0.3) is 5.91 Å². The third-order valence-corrected chi connectivity index (χ3v) is 3.16. The standard InChI is InChI=1S/C18H22FN3O/c1-18(2,3)22-15-10-14(11-20-12-15)17(23)21-9-8-13-6-4-5-7-16(13)19/h4-7,10-12,22H,8-9H2,1-3H3,(H,21,23). The smallest absolute Gasteiger partial charge is 0.252 e. The van der Waals surface area contributed by atoms with E-state index in [-0.39, 0.29) is 17.3 Å². The van der Waals surface area contributed by atoms with Crippen LogP contribution in [0.5, 0.6) is 0 Å². The Hall–Kier alpha value is -2.43. The van der Waals surface area contributed by atoms with Crippen LogP contribution in [-0.4, -0.2) is 23.0 Å². The summed E-state index contributed by atoms with van der Waals surface area (Å²) in [5, 5.41) is 6.07. The van der Waals surface area contributed by atoms with Gasteiger partial charge in [-0.25, -0.2) is 4.39 Å². The van der Waals surface area contributed by atoms with E-state index >= 15 is 0 Å². The van der Waals surface area contributed by atoms with E-state index in [4.69, 9.17) is 0 Å². The Kier molecular flexibility index (Phi) is 5.32. The zero-order valence-electron chi connectivity index (χ0n) is 13.7. The van der Waals surface area contributed by atoms with Gasteiger partial charge in [0.05, 0.1) is 11.3 Å². The molecule has 0 radical (unpaired) electrons. The van der Waals surface area contributed by atoms with Crippen molar-refractivity contribution in [1.29, 1.82) is 0 Å². The number of anilines is 1. The molecule has 2 aromatic rings. The lowest BCUT2D eigenvalue weighted by Gasteiger charge is -2.22. The largest absolute Gasteiger partial charge is 0.379 e. The lowest BCUT2D eigenvalue weighted by molar-refractivity contribution is 0.0953. The highest BCUT2D eigenvalue weighted by Gasteiger charge is 2.12. The predicted octanol–water partition coefficient (Wildman–Crippen LogP) is 3.40. The lowest BCUT2D eigenvalue weighted by Crippen LogP contribution is -2.28. The molecule has 0 bridgehead atoms. The number of nitrogens with zero attached hydrogens (tertiary/aromatic N) is 1. The third-order valence-electron chi connectivity index (χ3n) is 3.16. The maximum atomic E-state index is 13.5. The highest BCUT2D eigenvalue weighted by molar-refractivity contribution is 5.94. The molecule has 122 valence electrons. The fraction of sp³-hybridized carbons (Fsp3) is 0.333. The van der Waals surface area contributed by atoms with E-state index in [1.807, 2.05) is 20.8 Å². The molecule has 1 aromatic carbocycles. The maximum Gasteiger partial charge on any atom is 0.252 e. The molecule has 0 aliphatic heterocycles. The zero-order chi connectivity index (χ0) is 16.9. The minimum Gasteiger partial charge on any atom is -0.379 e. The van der Waals surface area contributed by atoms with Crippen LogP contribution in [0.15, 0.2) is 42.7 Å². The molecule has 0 unspecified atom stereocenters. The van der Waals surface area contributed by atoms with Gasteiger partial charge in [0.2, 0.25) is 0 Å². The second kappa shape index (κ2) is 7.22. The van der Waals surface area contributed by atoms with Crippen molar-refractivity contribution in [2.45, 2.75) is 32.7 Å². The maximum absolute atomic E-state index is 13.5. The number of aromatic nitrogens is 1. The molecule has 0 saturated carbocycles. The highest BCUT2D eigenvalue weighted by Crippen LogP contribution is 2.14. The van der Waals surface area contributed by atoms with E-state index < -0.39 is 0 Å². The number of hydrogen-bond donors (Lipinski definition) is 2. The number of halogens is 1. The number of hydrogen-bond acceptors (Lipinski definition) is 3. The number of nitrogens with one attached hydrogen (secondary N) is 2. The first kappa shape index (κ1) is 16.9. The summed E-state index contributed by atoms with van der Waals surface area (Å²) in [7, 11) is 0. The second-order valence-electron chi connectivity index (χ2n) is 6.43. The quantitative estimate of drug-likeness (QED) is 0.889. The lowest BCUT2D eigenvalue weighted by atomic mass is 10.1. The Labute approximate surface area is 136 Å². The van der Waals surface area contributed by atoms with E-state index in [9.17, 15) is 9.18 Å². The molecule has 1 aromatic heterocycles. The van der Waals surface area contributed by atoms with Crippen molar-refractivity contribution in [2.24, 2.45) is 0 Å². The molecule has 2 rings (SSSR count). The van der Waals surface area contributed by atoms with Crippen LogP contribution in [0.3, 0.4) is 0 Å². The summed E-state index contributed by atoms with van der Waals surface area (Å²) in [6.07, 6.45) is 3.65. The van der Waals surface area contributed by atoms with Crippen molar-refractivity contribution in [2.75, 3.05) is 11.9 Å². The summed E-state index contributed by atoms with van der Waals surface area (Å²) in [4.78, 5) is 16.3. The van der Waals surface area contributed by atoms with Gasteiger partial charge in [-0.2, -0.15) is 0 Å². The topological polar surface area (TPSA) is 54.0 Å². The van der Waals surface area contributed by atoms with Gasteiger partial charge in [0.1, 0.15) is 5.82 Å². The van der Waals surface area contributed by atoms with E-state index in [2.05, 4.69) is 15.6 Å². The van der Waals surface area contributed by atoms with Crippen molar-refractivity contribution in [3.8, 4) is 0 Å². The van der Waals surface area contributed by atoms with Crippen molar-refractivity contribution in [3.63, 3.8) is 0 Å². The Morgan fingerprint density at radius 1 is 1.22 bits per heavy atom. The van der Waals surface area contributed by atoms with Gasteiger partial charge in [-0.3, -0.25) is 9.78 Å². The molecule has 4 nitrogen and oxygen atoms in total. The van der Waals surface area contributed by atoms with E-state index in [1.165, 1.54) is 12.3 Å². The van der Waals surface area contributed by atoms with Gasteiger partial charge in [-0.1, -0.05) is 18.2 Å². The number of amides is 1. The van der Waals surface area contributed by atoms with Crippen LogP contribution in [0.2, 0.25) is 0 Å². The van der Waals surface area contributed by atoms with Crippen LogP contribution in [-0.2, 0) is 6.42 Å². The molecular weight excluding hydrogens is 293 g/mol. The zero-order valence-corrected chi connectivity index (χ0v) is 13.7. The van der Waals surface area contributed by atoms with Gasteiger partial charge < -0.3 is 10.6 Å². The Bertz CT molecular complexity index is 680. The molecular formula is C18H22FN3O. The van der Waals surface area contributed by atoms with Gasteiger partial charge in [0.15, 0.2) is 0 Å². The molecule has 0 saturated heterocycles. The fourth-order valence-electron chi connectivity index (χ4n) is 2.18. The molecule has 0 fully saturated rings. The Balaban J connectivity index is 1.93. The molecule has 0 spiro atoms. The van der Waals surface area contributed by atoms with Gasteiger partial charge in [-0.15, -0.1) is 0 Å². The van der Waals surface area contributed by atoms with Crippen LogP contribution < -0.4 is 10.6 Å². The average Bonchev–Trinajstić information content (AvgIpc) is 2.47. The van der Waals surface area contributed by atoms with Gasteiger partial charge >= 0.3 is 0 Å². The fourth-order valence-corrected chi connectivity index (χ4v) is 2.18. The summed E-state index contributed by atoms with van der Waals surface area (Å²) in [6, 6.07) is 8.33. The SMILES string of the molecule is CC(C)(C)Nc1cncc(C(=O)NCCc2ccccc2F)c1. The summed E-state index contributed by atoms with van der Waals surface area (Å²) in [6.45, 7) is 6.48. The van der Waals surface area contributed by atoms with Crippen molar-refractivity contribution < 1.29 is 9.18 Å². The third kappa shape index (κ3) is 5.36. The summed E-state index contributed by atoms with van der Waals surface area (Å²) in [5.41, 5.74) is 1.75. The van der Waals surface area contributed by atoms with Crippen LogP contribution in [0.25, 0.3) is 0 Å².